The maximum absolute atomic E-state index is 11.7. The van der Waals surface area contributed by atoms with Gasteiger partial charge in [-0.1, -0.05) is 18.2 Å². The number of anilines is 1. The van der Waals surface area contributed by atoms with Crippen LogP contribution in [0.15, 0.2) is 80.0 Å². The monoisotopic (exact) mass is 455 g/mol. The Bertz CT molecular complexity index is 1290. The quantitative estimate of drug-likeness (QED) is 0.412. The standard InChI is InChI=1S/C21H17N3O3S3/c1-30(25,26)15-8-6-14(7-9-15)17-13-29-21(22-17)24-18(19-4-2-10-27-19)12-16(23-24)20-5-3-11-28-20/h2-11,13,18H,12H2,1H3/t18-/m1/s1. The van der Waals surface area contributed by atoms with Crippen molar-refractivity contribution in [3.63, 3.8) is 0 Å². The van der Waals surface area contributed by atoms with E-state index in [1.807, 2.05) is 34.0 Å². The zero-order valence-corrected chi connectivity index (χ0v) is 18.4. The first-order valence-electron chi connectivity index (χ1n) is 9.19. The molecule has 0 saturated heterocycles. The van der Waals surface area contributed by atoms with Crippen LogP contribution in [0.3, 0.4) is 0 Å². The number of furan rings is 1. The normalized spacial score (nSPS) is 16.8. The van der Waals surface area contributed by atoms with Crippen LogP contribution in [0.4, 0.5) is 5.13 Å². The summed E-state index contributed by atoms with van der Waals surface area (Å²) in [4.78, 5) is 6.22. The molecule has 4 aromatic rings. The van der Waals surface area contributed by atoms with E-state index in [-0.39, 0.29) is 6.04 Å². The van der Waals surface area contributed by atoms with Crippen LogP contribution in [-0.2, 0) is 9.84 Å². The Morgan fingerprint density at radius 1 is 1.10 bits per heavy atom. The lowest BCUT2D eigenvalue weighted by Crippen LogP contribution is -2.17. The van der Waals surface area contributed by atoms with Crippen LogP contribution in [0, 0.1) is 0 Å². The van der Waals surface area contributed by atoms with Crippen molar-refractivity contribution in [3.05, 3.63) is 76.2 Å². The molecule has 0 radical (unpaired) electrons. The summed E-state index contributed by atoms with van der Waals surface area (Å²) in [5.74, 6) is 0.847. The van der Waals surface area contributed by atoms with E-state index in [2.05, 4.69) is 6.07 Å². The van der Waals surface area contributed by atoms with Gasteiger partial charge in [-0.25, -0.2) is 18.4 Å². The van der Waals surface area contributed by atoms with Crippen LogP contribution in [0.25, 0.3) is 11.3 Å². The highest BCUT2D eigenvalue weighted by Crippen LogP contribution is 2.40. The number of benzene rings is 1. The molecule has 0 spiro atoms. The van der Waals surface area contributed by atoms with E-state index in [9.17, 15) is 8.42 Å². The van der Waals surface area contributed by atoms with E-state index in [0.717, 1.165) is 39.2 Å². The Hall–Kier alpha value is -2.75. The summed E-state index contributed by atoms with van der Waals surface area (Å²) < 4.78 is 29.1. The highest BCUT2D eigenvalue weighted by atomic mass is 32.2. The van der Waals surface area contributed by atoms with Crippen molar-refractivity contribution in [2.24, 2.45) is 5.10 Å². The molecule has 0 fully saturated rings. The second kappa shape index (κ2) is 7.50. The lowest BCUT2D eigenvalue weighted by molar-refractivity contribution is 0.465. The Morgan fingerprint density at radius 2 is 1.93 bits per heavy atom. The van der Waals surface area contributed by atoms with Gasteiger partial charge in [-0.05, 0) is 35.7 Å². The number of hydrazone groups is 1. The molecule has 3 aromatic heterocycles. The van der Waals surface area contributed by atoms with Crippen molar-refractivity contribution in [3.8, 4) is 11.3 Å². The SMILES string of the molecule is CS(=O)(=O)c1ccc(-c2csc(N3N=C(c4cccs4)C[C@@H]3c3ccco3)n2)cc1. The minimum absolute atomic E-state index is 0.0521. The molecule has 4 heterocycles. The van der Waals surface area contributed by atoms with Gasteiger partial charge in [-0.15, -0.1) is 22.7 Å². The van der Waals surface area contributed by atoms with Gasteiger partial charge in [-0.2, -0.15) is 5.10 Å². The van der Waals surface area contributed by atoms with Crippen LogP contribution in [0.1, 0.15) is 23.1 Å². The summed E-state index contributed by atoms with van der Waals surface area (Å²) in [5, 5.41) is 11.6. The largest absolute Gasteiger partial charge is 0.467 e. The van der Waals surface area contributed by atoms with Crippen LogP contribution in [0.5, 0.6) is 0 Å². The molecule has 6 nitrogen and oxygen atoms in total. The van der Waals surface area contributed by atoms with Crippen molar-refractivity contribution >= 4 is 43.4 Å². The fourth-order valence-corrected chi connectivity index (χ4v) is 5.54. The average molecular weight is 456 g/mol. The molecule has 0 aliphatic carbocycles. The Morgan fingerprint density at radius 3 is 2.60 bits per heavy atom. The highest BCUT2D eigenvalue weighted by molar-refractivity contribution is 7.90. The molecule has 0 N–H and O–H groups in total. The van der Waals surface area contributed by atoms with Gasteiger partial charge in [0.15, 0.2) is 9.84 Å². The molecule has 0 saturated carbocycles. The molecule has 5 rings (SSSR count). The molecule has 1 aliphatic rings. The molecule has 0 bridgehead atoms. The first-order valence-corrected chi connectivity index (χ1v) is 12.8. The van der Waals surface area contributed by atoms with Crippen molar-refractivity contribution in [2.75, 3.05) is 11.3 Å². The maximum atomic E-state index is 11.7. The van der Waals surface area contributed by atoms with Crippen molar-refractivity contribution < 1.29 is 12.8 Å². The number of nitrogens with zero attached hydrogens (tertiary/aromatic N) is 3. The van der Waals surface area contributed by atoms with E-state index in [1.165, 1.54) is 17.6 Å². The summed E-state index contributed by atoms with van der Waals surface area (Å²) in [6.07, 6.45) is 3.62. The maximum Gasteiger partial charge on any atom is 0.207 e. The molecule has 9 heteroatoms. The number of sulfone groups is 1. The number of hydrogen-bond acceptors (Lipinski definition) is 8. The van der Waals surface area contributed by atoms with Gasteiger partial charge < -0.3 is 4.42 Å². The molecule has 152 valence electrons. The summed E-state index contributed by atoms with van der Waals surface area (Å²) in [6, 6.07) is 14.7. The van der Waals surface area contributed by atoms with Gasteiger partial charge in [0, 0.05) is 23.6 Å². The van der Waals surface area contributed by atoms with Gasteiger partial charge in [0.25, 0.3) is 0 Å². The van der Waals surface area contributed by atoms with E-state index in [0.29, 0.717) is 4.90 Å². The van der Waals surface area contributed by atoms with E-state index < -0.39 is 9.84 Å². The summed E-state index contributed by atoms with van der Waals surface area (Å²) in [7, 11) is -3.22. The number of hydrogen-bond donors (Lipinski definition) is 0. The second-order valence-corrected chi connectivity index (χ2v) is 10.7. The summed E-state index contributed by atoms with van der Waals surface area (Å²) in [6.45, 7) is 0. The smallest absolute Gasteiger partial charge is 0.207 e. The molecule has 0 unspecified atom stereocenters. The Kier molecular flexibility index (Phi) is 4.80. The second-order valence-electron chi connectivity index (χ2n) is 6.92. The van der Waals surface area contributed by atoms with E-state index in [1.54, 1.807) is 41.9 Å². The van der Waals surface area contributed by atoms with Crippen LogP contribution < -0.4 is 5.01 Å². The van der Waals surface area contributed by atoms with Gasteiger partial charge >= 0.3 is 0 Å². The Labute approximate surface area is 182 Å². The third kappa shape index (κ3) is 3.60. The lowest BCUT2D eigenvalue weighted by atomic mass is 10.1. The van der Waals surface area contributed by atoms with E-state index in [4.69, 9.17) is 14.5 Å². The first kappa shape index (κ1) is 19.2. The number of thiophene rings is 1. The molecular weight excluding hydrogens is 438 g/mol. The topological polar surface area (TPSA) is 75.8 Å². The van der Waals surface area contributed by atoms with Gasteiger partial charge in [0.05, 0.1) is 27.4 Å². The summed E-state index contributed by atoms with van der Waals surface area (Å²) in [5.41, 5.74) is 2.66. The molecule has 30 heavy (non-hydrogen) atoms. The van der Waals surface area contributed by atoms with Crippen LogP contribution >= 0.6 is 22.7 Å². The number of aromatic nitrogens is 1. The molecule has 1 aromatic carbocycles. The fourth-order valence-electron chi connectivity index (χ4n) is 3.36. The fraction of sp³-hybridized carbons (Fsp3) is 0.143. The van der Waals surface area contributed by atoms with Crippen molar-refractivity contribution in [1.29, 1.82) is 0 Å². The molecular formula is C21H17N3O3S3. The predicted octanol–water partition coefficient (Wildman–Crippen LogP) is 5.22. The predicted molar refractivity (Wildman–Crippen MR) is 120 cm³/mol. The first-order chi connectivity index (χ1) is 14.5. The van der Waals surface area contributed by atoms with Crippen LogP contribution in [-0.4, -0.2) is 25.4 Å². The lowest BCUT2D eigenvalue weighted by Gasteiger charge is -2.18. The zero-order valence-electron chi connectivity index (χ0n) is 15.9. The number of thiazole rings is 1. The third-order valence-electron chi connectivity index (χ3n) is 4.85. The van der Waals surface area contributed by atoms with Crippen molar-refractivity contribution in [1.82, 2.24) is 4.98 Å². The molecule has 1 atom stereocenters. The summed E-state index contributed by atoms with van der Waals surface area (Å²) >= 11 is 3.17. The Balaban J connectivity index is 1.48. The minimum Gasteiger partial charge on any atom is -0.467 e. The highest BCUT2D eigenvalue weighted by Gasteiger charge is 2.33. The third-order valence-corrected chi connectivity index (χ3v) is 7.73. The van der Waals surface area contributed by atoms with E-state index >= 15 is 0 Å². The van der Waals surface area contributed by atoms with Gasteiger partial charge in [-0.3, -0.25) is 0 Å². The average Bonchev–Trinajstić information content (AvgIpc) is 3.54. The minimum atomic E-state index is -3.22. The van der Waals surface area contributed by atoms with Gasteiger partial charge in [0.2, 0.25) is 5.13 Å². The van der Waals surface area contributed by atoms with Crippen LogP contribution in [0.2, 0.25) is 0 Å². The van der Waals surface area contributed by atoms with Gasteiger partial charge in [0.1, 0.15) is 11.8 Å². The zero-order chi connectivity index (χ0) is 20.7. The molecule has 0 amide bonds. The molecule has 1 aliphatic heterocycles. The number of rotatable bonds is 5. The van der Waals surface area contributed by atoms with Crippen molar-refractivity contribution in [2.45, 2.75) is 17.4 Å².